The van der Waals surface area contributed by atoms with Crippen LogP contribution in [0.4, 0.5) is 0 Å². The number of carbonyl (C=O) groups excluding carboxylic acids is 1. The Labute approximate surface area is 107 Å². The fraction of sp³-hybridized carbons (Fsp3) is 0.500. The van der Waals surface area contributed by atoms with Crippen molar-refractivity contribution in [2.24, 2.45) is 11.8 Å². The minimum absolute atomic E-state index is 0.0365. The molecule has 1 aliphatic rings. The van der Waals surface area contributed by atoms with Gasteiger partial charge >= 0.3 is 0 Å². The molecule has 2 N–H and O–H groups in total. The van der Waals surface area contributed by atoms with Gasteiger partial charge in [0.25, 0.3) is 5.91 Å². The molecule has 0 spiro atoms. The molecule has 4 heteroatoms. The number of hydrogen-bond acceptors (Lipinski definition) is 3. The van der Waals surface area contributed by atoms with Crippen molar-refractivity contribution in [3.05, 3.63) is 23.8 Å². The van der Waals surface area contributed by atoms with Gasteiger partial charge in [0.15, 0.2) is 0 Å². The van der Waals surface area contributed by atoms with Gasteiger partial charge in [-0.25, -0.2) is 0 Å². The van der Waals surface area contributed by atoms with Gasteiger partial charge in [-0.05, 0) is 30.4 Å². The number of nitrogens with zero attached hydrogens (tertiary/aromatic N) is 1. The second kappa shape index (κ2) is 4.88. The molecule has 1 saturated heterocycles. The molecule has 0 saturated carbocycles. The van der Waals surface area contributed by atoms with Gasteiger partial charge in [0, 0.05) is 19.2 Å². The SMILES string of the molecule is CC(C)C1CCN(C(=O)c2ccc(O)cc2O)C1. The average Bonchev–Trinajstić information content (AvgIpc) is 2.77. The van der Waals surface area contributed by atoms with Crippen LogP contribution in [0.3, 0.4) is 0 Å². The predicted molar refractivity (Wildman–Crippen MR) is 68.6 cm³/mol. The molecule has 0 aliphatic carbocycles. The number of benzene rings is 1. The molecule has 1 amide bonds. The van der Waals surface area contributed by atoms with Gasteiger partial charge in [0.1, 0.15) is 11.5 Å². The van der Waals surface area contributed by atoms with Gasteiger partial charge in [0.2, 0.25) is 0 Å². The van der Waals surface area contributed by atoms with E-state index in [-0.39, 0.29) is 23.0 Å². The molecule has 4 nitrogen and oxygen atoms in total. The molecule has 1 fully saturated rings. The van der Waals surface area contributed by atoms with Crippen LogP contribution in [-0.2, 0) is 0 Å². The number of carbonyl (C=O) groups is 1. The Balaban J connectivity index is 2.13. The monoisotopic (exact) mass is 249 g/mol. The molecular weight excluding hydrogens is 230 g/mol. The van der Waals surface area contributed by atoms with Gasteiger partial charge in [-0.15, -0.1) is 0 Å². The van der Waals surface area contributed by atoms with E-state index in [1.165, 1.54) is 18.2 Å². The largest absolute Gasteiger partial charge is 0.508 e. The summed E-state index contributed by atoms with van der Waals surface area (Å²) in [6.07, 6.45) is 1.02. The van der Waals surface area contributed by atoms with Crippen molar-refractivity contribution < 1.29 is 15.0 Å². The fourth-order valence-corrected chi connectivity index (χ4v) is 2.39. The molecule has 0 radical (unpaired) electrons. The Kier molecular flexibility index (Phi) is 3.45. The van der Waals surface area contributed by atoms with Crippen LogP contribution >= 0.6 is 0 Å². The zero-order valence-electron chi connectivity index (χ0n) is 10.8. The lowest BCUT2D eigenvalue weighted by Gasteiger charge is -2.18. The fourth-order valence-electron chi connectivity index (χ4n) is 2.39. The molecule has 1 aliphatic heterocycles. The van der Waals surface area contributed by atoms with E-state index in [0.29, 0.717) is 11.8 Å². The van der Waals surface area contributed by atoms with Crippen LogP contribution < -0.4 is 0 Å². The Bertz CT molecular complexity index is 456. The summed E-state index contributed by atoms with van der Waals surface area (Å²) >= 11 is 0. The summed E-state index contributed by atoms with van der Waals surface area (Å²) in [5.74, 6) is 0.749. The molecule has 98 valence electrons. The highest BCUT2D eigenvalue weighted by Gasteiger charge is 2.29. The van der Waals surface area contributed by atoms with Crippen molar-refractivity contribution in [2.75, 3.05) is 13.1 Å². The molecule has 2 rings (SSSR count). The topological polar surface area (TPSA) is 60.8 Å². The van der Waals surface area contributed by atoms with E-state index in [0.717, 1.165) is 19.5 Å². The van der Waals surface area contributed by atoms with Crippen molar-refractivity contribution in [1.29, 1.82) is 0 Å². The summed E-state index contributed by atoms with van der Waals surface area (Å²) in [5, 5.41) is 18.9. The Hall–Kier alpha value is -1.71. The van der Waals surface area contributed by atoms with Crippen LogP contribution in [0.15, 0.2) is 18.2 Å². The van der Waals surface area contributed by atoms with Crippen molar-refractivity contribution in [3.63, 3.8) is 0 Å². The van der Waals surface area contributed by atoms with Crippen LogP contribution in [0, 0.1) is 11.8 Å². The van der Waals surface area contributed by atoms with Crippen molar-refractivity contribution in [3.8, 4) is 11.5 Å². The highest BCUT2D eigenvalue weighted by atomic mass is 16.3. The summed E-state index contributed by atoms with van der Waals surface area (Å²) in [7, 11) is 0. The van der Waals surface area contributed by atoms with Crippen molar-refractivity contribution in [1.82, 2.24) is 4.90 Å². The van der Waals surface area contributed by atoms with Gasteiger partial charge in [0.05, 0.1) is 5.56 Å². The summed E-state index contributed by atoms with van der Waals surface area (Å²) in [4.78, 5) is 14.0. The number of phenolic OH excluding ortho intramolecular Hbond substituents is 2. The number of likely N-dealkylation sites (tertiary alicyclic amines) is 1. The number of aromatic hydroxyl groups is 2. The van der Waals surface area contributed by atoms with Crippen LogP contribution in [0.2, 0.25) is 0 Å². The van der Waals surface area contributed by atoms with E-state index in [4.69, 9.17) is 0 Å². The first-order valence-electron chi connectivity index (χ1n) is 6.30. The minimum Gasteiger partial charge on any atom is -0.508 e. The zero-order valence-corrected chi connectivity index (χ0v) is 10.8. The van der Waals surface area contributed by atoms with Crippen LogP contribution in [0.25, 0.3) is 0 Å². The third kappa shape index (κ3) is 2.42. The van der Waals surface area contributed by atoms with E-state index in [9.17, 15) is 15.0 Å². The molecule has 0 bridgehead atoms. The number of hydrogen-bond donors (Lipinski definition) is 2. The van der Waals surface area contributed by atoms with Gasteiger partial charge in [-0.1, -0.05) is 13.8 Å². The van der Waals surface area contributed by atoms with Crippen LogP contribution in [0.1, 0.15) is 30.6 Å². The quantitative estimate of drug-likeness (QED) is 0.844. The second-order valence-electron chi connectivity index (χ2n) is 5.25. The minimum atomic E-state index is -0.159. The van der Waals surface area contributed by atoms with Gasteiger partial charge in [-0.2, -0.15) is 0 Å². The smallest absolute Gasteiger partial charge is 0.257 e. The lowest BCUT2D eigenvalue weighted by atomic mass is 9.95. The first kappa shape index (κ1) is 12.7. The Morgan fingerprint density at radius 1 is 1.39 bits per heavy atom. The number of rotatable bonds is 2. The summed E-state index contributed by atoms with van der Waals surface area (Å²) < 4.78 is 0. The van der Waals surface area contributed by atoms with Crippen LogP contribution in [0.5, 0.6) is 11.5 Å². The first-order chi connectivity index (χ1) is 8.49. The molecule has 0 aromatic heterocycles. The predicted octanol–water partition coefficient (Wildman–Crippen LogP) is 2.22. The molecule has 1 atom stereocenters. The molecule has 1 unspecified atom stereocenters. The summed E-state index contributed by atoms with van der Waals surface area (Å²) in [5.41, 5.74) is 0.261. The highest BCUT2D eigenvalue weighted by Crippen LogP contribution is 2.28. The summed E-state index contributed by atoms with van der Waals surface area (Å²) in [6.45, 7) is 5.81. The van der Waals surface area contributed by atoms with Crippen molar-refractivity contribution in [2.45, 2.75) is 20.3 Å². The third-order valence-electron chi connectivity index (χ3n) is 3.67. The van der Waals surface area contributed by atoms with E-state index < -0.39 is 0 Å². The maximum absolute atomic E-state index is 12.2. The third-order valence-corrected chi connectivity index (χ3v) is 3.67. The average molecular weight is 249 g/mol. The molecule has 18 heavy (non-hydrogen) atoms. The standard InChI is InChI=1S/C14H19NO3/c1-9(2)10-5-6-15(8-10)14(18)12-4-3-11(16)7-13(12)17/h3-4,7,9-10,16-17H,5-6,8H2,1-2H3. The highest BCUT2D eigenvalue weighted by molar-refractivity contribution is 5.97. The first-order valence-corrected chi connectivity index (χ1v) is 6.30. The molecular formula is C14H19NO3. The number of amides is 1. The van der Waals surface area contributed by atoms with Crippen LogP contribution in [-0.4, -0.2) is 34.1 Å². The zero-order chi connectivity index (χ0) is 13.3. The Morgan fingerprint density at radius 3 is 2.67 bits per heavy atom. The number of phenols is 2. The molecule has 1 aromatic rings. The molecule has 1 heterocycles. The van der Waals surface area contributed by atoms with E-state index in [2.05, 4.69) is 13.8 Å². The van der Waals surface area contributed by atoms with Gasteiger partial charge in [-0.3, -0.25) is 4.79 Å². The van der Waals surface area contributed by atoms with E-state index in [1.54, 1.807) is 4.90 Å². The normalized spacial score (nSPS) is 19.5. The maximum Gasteiger partial charge on any atom is 0.257 e. The van der Waals surface area contributed by atoms with Gasteiger partial charge < -0.3 is 15.1 Å². The lowest BCUT2D eigenvalue weighted by Crippen LogP contribution is -2.29. The Morgan fingerprint density at radius 2 is 2.11 bits per heavy atom. The van der Waals surface area contributed by atoms with E-state index >= 15 is 0 Å². The van der Waals surface area contributed by atoms with Crippen molar-refractivity contribution >= 4 is 5.91 Å². The lowest BCUT2D eigenvalue weighted by molar-refractivity contribution is 0.0781. The maximum atomic E-state index is 12.2. The second-order valence-corrected chi connectivity index (χ2v) is 5.25. The van der Waals surface area contributed by atoms with E-state index in [1.807, 2.05) is 0 Å². The summed E-state index contributed by atoms with van der Waals surface area (Å²) in [6, 6.07) is 4.09. The molecule has 1 aromatic carbocycles.